The van der Waals surface area contributed by atoms with Gasteiger partial charge in [0.15, 0.2) is 5.13 Å². The van der Waals surface area contributed by atoms with E-state index in [1.807, 2.05) is 0 Å². The number of esters is 1. The van der Waals surface area contributed by atoms with Crippen LogP contribution in [0.3, 0.4) is 0 Å². The SMILES string of the molecule is C=CCOC(=O)c1sc(N2C(=O)C(=O)C(=C(O)c3ccc(C)c(F)c3)[C@H]2c2ccc(Cl)c(Cl)c2)nc1C. The summed E-state index contributed by atoms with van der Waals surface area (Å²) in [4.78, 5) is 44.6. The average Bonchev–Trinajstić information content (AvgIpc) is 3.37. The molecule has 1 atom stereocenters. The topological polar surface area (TPSA) is 96.8 Å². The van der Waals surface area contributed by atoms with Crippen molar-refractivity contribution >= 4 is 63.1 Å². The molecule has 0 saturated carbocycles. The van der Waals surface area contributed by atoms with Crippen LogP contribution in [-0.2, 0) is 14.3 Å². The standard InChI is InChI=1S/C26H19Cl2FN2O5S/c1-4-9-36-25(35)23-13(3)30-26(37-23)31-20(14-7-8-16(27)17(28)10-14)19(22(33)24(31)34)21(32)15-6-5-12(2)18(29)11-15/h4-8,10-11,20,32H,1,9H2,2-3H3/t20-/m1/s1. The maximum Gasteiger partial charge on any atom is 0.350 e. The predicted octanol–water partition coefficient (Wildman–Crippen LogP) is 6.17. The lowest BCUT2D eigenvalue weighted by Crippen LogP contribution is -2.29. The molecule has 0 aliphatic carbocycles. The quantitative estimate of drug-likeness (QED) is 0.127. The van der Waals surface area contributed by atoms with Gasteiger partial charge in [-0.2, -0.15) is 0 Å². The van der Waals surface area contributed by atoms with Crippen LogP contribution in [0.2, 0.25) is 10.0 Å². The number of aromatic nitrogens is 1. The van der Waals surface area contributed by atoms with Gasteiger partial charge in [-0.25, -0.2) is 14.2 Å². The van der Waals surface area contributed by atoms with Gasteiger partial charge < -0.3 is 9.84 Å². The number of aliphatic hydroxyl groups excluding tert-OH is 1. The van der Waals surface area contributed by atoms with Crippen molar-refractivity contribution in [3.8, 4) is 0 Å². The van der Waals surface area contributed by atoms with Crippen LogP contribution in [0.4, 0.5) is 9.52 Å². The summed E-state index contributed by atoms with van der Waals surface area (Å²) in [5.74, 6) is -3.85. The van der Waals surface area contributed by atoms with E-state index in [9.17, 15) is 23.9 Å². The fourth-order valence-electron chi connectivity index (χ4n) is 3.80. The molecule has 7 nitrogen and oxygen atoms in total. The second-order valence-electron chi connectivity index (χ2n) is 8.10. The lowest BCUT2D eigenvalue weighted by Gasteiger charge is -2.23. The molecule has 2 heterocycles. The van der Waals surface area contributed by atoms with Crippen molar-refractivity contribution in [1.29, 1.82) is 0 Å². The summed E-state index contributed by atoms with van der Waals surface area (Å²) in [6.45, 7) is 6.59. The third-order valence-electron chi connectivity index (χ3n) is 5.66. The zero-order chi connectivity index (χ0) is 27.0. The molecular weight excluding hydrogens is 542 g/mol. The summed E-state index contributed by atoms with van der Waals surface area (Å²) in [6.07, 6.45) is 1.41. The first-order valence-electron chi connectivity index (χ1n) is 10.8. The Balaban J connectivity index is 1.92. The maximum absolute atomic E-state index is 14.3. The van der Waals surface area contributed by atoms with E-state index >= 15 is 0 Å². The van der Waals surface area contributed by atoms with Crippen molar-refractivity contribution < 1.29 is 28.6 Å². The molecule has 1 aliphatic heterocycles. The molecule has 1 aliphatic rings. The van der Waals surface area contributed by atoms with Crippen molar-refractivity contribution in [1.82, 2.24) is 4.98 Å². The minimum Gasteiger partial charge on any atom is -0.507 e. The van der Waals surface area contributed by atoms with Gasteiger partial charge in [-0.05, 0) is 43.2 Å². The van der Waals surface area contributed by atoms with E-state index < -0.39 is 35.3 Å². The van der Waals surface area contributed by atoms with Crippen LogP contribution in [0.15, 0.2) is 54.6 Å². The Morgan fingerprint density at radius 2 is 1.95 bits per heavy atom. The van der Waals surface area contributed by atoms with Gasteiger partial charge in [-0.15, -0.1) is 0 Å². The molecule has 1 aromatic heterocycles. The van der Waals surface area contributed by atoms with Gasteiger partial charge in [-0.3, -0.25) is 14.5 Å². The number of nitrogens with zero attached hydrogens (tertiary/aromatic N) is 2. The van der Waals surface area contributed by atoms with Gasteiger partial charge in [0.25, 0.3) is 5.78 Å². The number of anilines is 1. The molecule has 190 valence electrons. The molecule has 1 saturated heterocycles. The van der Waals surface area contributed by atoms with Crippen LogP contribution in [0.25, 0.3) is 5.76 Å². The van der Waals surface area contributed by atoms with E-state index in [4.69, 9.17) is 27.9 Å². The van der Waals surface area contributed by atoms with Crippen LogP contribution in [0, 0.1) is 19.7 Å². The lowest BCUT2D eigenvalue weighted by atomic mass is 9.95. The summed E-state index contributed by atoms with van der Waals surface area (Å²) in [6, 6.07) is 7.24. The second kappa shape index (κ2) is 10.5. The minimum atomic E-state index is -1.19. The summed E-state index contributed by atoms with van der Waals surface area (Å²) >= 11 is 13.2. The maximum atomic E-state index is 14.3. The highest BCUT2D eigenvalue weighted by atomic mass is 35.5. The molecule has 0 radical (unpaired) electrons. The number of thiazole rings is 1. The summed E-state index contributed by atoms with van der Waals surface area (Å²) < 4.78 is 19.4. The zero-order valence-corrected chi connectivity index (χ0v) is 21.9. The summed E-state index contributed by atoms with van der Waals surface area (Å²) in [7, 11) is 0. The third-order valence-corrected chi connectivity index (χ3v) is 7.53. The molecule has 2 aromatic carbocycles. The van der Waals surface area contributed by atoms with Crippen molar-refractivity contribution in [2.45, 2.75) is 19.9 Å². The Morgan fingerprint density at radius 3 is 2.59 bits per heavy atom. The van der Waals surface area contributed by atoms with Crippen LogP contribution in [0.1, 0.15) is 38.1 Å². The molecular formula is C26H19Cl2FN2O5S. The van der Waals surface area contributed by atoms with Gasteiger partial charge in [0.05, 0.1) is 27.4 Å². The molecule has 11 heteroatoms. The van der Waals surface area contributed by atoms with Crippen molar-refractivity contribution in [3.63, 3.8) is 0 Å². The number of aliphatic hydroxyl groups is 1. The lowest BCUT2D eigenvalue weighted by molar-refractivity contribution is -0.132. The van der Waals surface area contributed by atoms with Gasteiger partial charge in [0, 0.05) is 5.56 Å². The van der Waals surface area contributed by atoms with E-state index in [1.165, 1.54) is 30.3 Å². The Bertz CT molecular complexity index is 1500. The molecule has 1 amide bonds. The van der Waals surface area contributed by atoms with E-state index in [0.29, 0.717) is 11.1 Å². The fourth-order valence-corrected chi connectivity index (χ4v) is 5.09. The molecule has 0 bridgehead atoms. The van der Waals surface area contributed by atoms with E-state index in [2.05, 4.69) is 11.6 Å². The van der Waals surface area contributed by atoms with Crippen molar-refractivity contribution in [3.05, 3.63) is 97.8 Å². The first-order valence-corrected chi connectivity index (χ1v) is 12.4. The molecule has 1 N–H and O–H groups in total. The molecule has 1 fully saturated rings. The van der Waals surface area contributed by atoms with Gasteiger partial charge in [0.1, 0.15) is 23.1 Å². The zero-order valence-electron chi connectivity index (χ0n) is 19.5. The largest absolute Gasteiger partial charge is 0.507 e. The normalized spacial score (nSPS) is 16.8. The summed E-state index contributed by atoms with van der Waals surface area (Å²) in [5, 5.41) is 11.6. The molecule has 3 aromatic rings. The number of hydrogen-bond acceptors (Lipinski definition) is 7. The highest BCUT2D eigenvalue weighted by Crippen LogP contribution is 2.45. The van der Waals surface area contributed by atoms with Gasteiger partial charge in [-0.1, -0.05) is 65.4 Å². The number of benzene rings is 2. The number of hydrogen-bond donors (Lipinski definition) is 1. The second-order valence-corrected chi connectivity index (χ2v) is 9.90. The Hall–Kier alpha value is -3.53. The van der Waals surface area contributed by atoms with Gasteiger partial charge in [0.2, 0.25) is 0 Å². The molecule has 4 rings (SSSR count). The Morgan fingerprint density at radius 1 is 1.22 bits per heavy atom. The molecule has 0 unspecified atom stereocenters. The van der Waals surface area contributed by atoms with Crippen molar-refractivity contribution in [2.75, 3.05) is 11.5 Å². The highest BCUT2D eigenvalue weighted by Gasteiger charge is 2.48. The van der Waals surface area contributed by atoms with E-state index in [-0.39, 0.29) is 43.5 Å². The van der Waals surface area contributed by atoms with Crippen LogP contribution in [0.5, 0.6) is 0 Å². The smallest absolute Gasteiger partial charge is 0.350 e. The first-order chi connectivity index (χ1) is 17.5. The number of ether oxygens (including phenoxy) is 1. The third kappa shape index (κ3) is 4.90. The molecule has 37 heavy (non-hydrogen) atoms. The number of carbonyl (C=O) groups excluding carboxylic acids is 3. The van der Waals surface area contributed by atoms with Crippen molar-refractivity contribution in [2.24, 2.45) is 0 Å². The first kappa shape index (κ1) is 26.5. The minimum absolute atomic E-state index is 0.00942. The number of carbonyl (C=O) groups is 3. The fraction of sp³-hybridized carbons (Fsp3) is 0.154. The predicted molar refractivity (Wildman–Crippen MR) is 140 cm³/mol. The van der Waals surface area contributed by atoms with Crippen LogP contribution >= 0.6 is 34.5 Å². The highest BCUT2D eigenvalue weighted by molar-refractivity contribution is 7.17. The summed E-state index contributed by atoms with van der Waals surface area (Å²) in [5.41, 5.74) is 0.674. The molecule has 0 spiro atoms. The number of aryl methyl sites for hydroxylation is 2. The monoisotopic (exact) mass is 560 g/mol. The van der Waals surface area contributed by atoms with Crippen LogP contribution in [-0.4, -0.2) is 34.4 Å². The number of Topliss-reactive ketones (excluding diaryl/α,β-unsaturated/α-hetero) is 1. The number of halogens is 3. The van der Waals surface area contributed by atoms with Crippen LogP contribution < -0.4 is 4.90 Å². The average molecular weight is 561 g/mol. The Kier molecular flexibility index (Phi) is 7.49. The van der Waals surface area contributed by atoms with E-state index in [1.54, 1.807) is 19.9 Å². The Labute approximate surface area is 225 Å². The number of amides is 1. The van der Waals surface area contributed by atoms with Gasteiger partial charge >= 0.3 is 11.9 Å². The van der Waals surface area contributed by atoms with E-state index in [0.717, 1.165) is 22.3 Å². The number of rotatable bonds is 6. The number of ketones is 1.